The molecule has 27 heavy (non-hydrogen) atoms. The number of nitrogens with zero attached hydrogens (tertiary/aromatic N) is 1. The zero-order valence-corrected chi connectivity index (χ0v) is 15.8. The van der Waals surface area contributed by atoms with Crippen LogP contribution in [0.4, 0.5) is 5.69 Å². The summed E-state index contributed by atoms with van der Waals surface area (Å²) in [5.74, 6) is -3.87. The first-order valence-corrected chi connectivity index (χ1v) is 8.80. The fraction of sp³-hybridized carbons (Fsp3) is 0.400. The van der Waals surface area contributed by atoms with Crippen molar-refractivity contribution >= 4 is 54.3 Å². The zero-order chi connectivity index (χ0) is 20.6. The van der Waals surface area contributed by atoms with Gasteiger partial charge in [0.25, 0.3) is 5.91 Å². The van der Waals surface area contributed by atoms with Gasteiger partial charge in [-0.1, -0.05) is 12.2 Å². The van der Waals surface area contributed by atoms with Crippen molar-refractivity contribution in [2.45, 2.75) is 24.9 Å². The number of thiol groups is 1. The quantitative estimate of drug-likeness (QED) is 0.225. The minimum absolute atomic E-state index is 0.0919. The van der Waals surface area contributed by atoms with Crippen molar-refractivity contribution < 1.29 is 29.4 Å². The lowest BCUT2D eigenvalue weighted by atomic mass is 10.1. The van der Waals surface area contributed by atoms with Crippen molar-refractivity contribution in [3.8, 4) is 0 Å². The first-order valence-electron chi connectivity index (χ1n) is 7.76. The second kappa shape index (κ2) is 10.6. The highest BCUT2D eigenvalue weighted by Gasteiger charge is 2.28. The van der Waals surface area contributed by atoms with Gasteiger partial charge in [0.1, 0.15) is 23.3 Å². The van der Waals surface area contributed by atoms with Crippen LogP contribution in [-0.4, -0.2) is 63.3 Å². The van der Waals surface area contributed by atoms with Gasteiger partial charge < -0.3 is 26.2 Å². The Morgan fingerprint density at radius 2 is 2.00 bits per heavy atom. The van der Waals surface area contributed by atoms with Gasteiger partial charge in [-0.15, -0.1) is 0 Å². The van der Waals surface area contributed by atoms with E-state index < -0.39 is 42.4 Å². The number of hydrogen-bond acceptors (Lipinski definition) is 7. The Morgan fingerprint density at radius 1 is 1.33 bits per heavy atom. The Kier molecular flexibility index (Phi) is 8.91. The molecular formula is C15H20N4O6S2. The molecule has 0 aliphatic carbocycles. The number of aromatic amines is 1. The molecule has 2 unspecified atom stereocenters. The number of H-pyrrole nitrogens is 1. The van der Waals surface area contributed by atoms with Crippen LogP contribution in [0.2, 0.25) is 0 Å². The van der Waals surface area contributed by atoms with Crippen LogP contribution in [0.5, 0.6) is 0 Å². The maximum absolute atomic E-state index is 12.7. The number of aliphatic carboxylic acids is 2. The molecular weight excluding hydrogens is 396 g/mol. The van der Waals surface area contributed by atoms with Crippen molar-refractivity contribution in [1.82, 2.24) is 10.3 Å². The molecule has 0 fully saturated rings. The van der Waals surface area contributed by atoms with E-state index in [-0.39, 0.29) is 24.3 Å². The summed E-state index contributed by atoms with van der Waals surface area (Å²) in [6.45, 7) is -0.637. The molecule has 0 radical (unpaired) electrons. The largest absolute Gasteiger partial charge is 0.480 e. The number of anilines is 1. The van der Waals surface area contributed by atoms with Gasteiger partial charge in [0.2, 0.25) is 5.91 Å². The van der Waals surface area contributed by atoms with Crippen LogP contribution in [-0.2, 0) is 19.2 Å². The van der Waals surface area contributed by atoms with Gasteiger partial charge in [0, 0.05) is 24.1 Å². The molecule has 148 valence electrons. The number of nitrogens with one attached hydrogen (secondary N) is 2. The number of hydrogen-bond donors (Lipinski definition) is 6. The molecule has 10 nitrogen and oxygen atoms in total. The second-order valence-corrected chi connectivity index (χ2v) is 6.32. The highest BCUT2D eigenvalue weighted by Crippen LogP contribution is 2.15. The molecule has 0 bridgehead atoms. The molecule has 0 aliphatic heterocycles. The van der Waals surface area contributed by atoms with Gasteiger partial charge in [0.05, 0.1) is 0 Å². The summed E-state index contributed by atoms with van der Waals surface area (Å²) >= 11 is 9.01. The molecule has 1 rings (SSSR count). The molecule has 1 aromatic heterocycles. The zero-order valence-electron chi connectivity index (χ0n) is 14.1. The van der Waals surface area contributed by atoms with Gasteiger partial charge in [-0.2, -0.15) is 12.6 Å². The maximum Gasteiger partial charge on any atom is 0.323 e. The lowest BCUT2D eigenvalue weighted by Gasteiger charge is -2.26. The Balaban J connectivity index is 2.90. The molecule has 0 saturated heterocycles. The highest BCUT2D eigenvalue weighted by molar-refractivity contribution is 7.80. The monoisotopic (exact) mass is 416 g/mol. The van der Waals surface area contributed by atoms with Gasteiger partial charge in [-0.3, -0.25) is 24.1 Å². The summed E-state index contributed by atoms with van der Waals surface area (Å²) in [5.41, 5.74) is 5.58. The number of rotatable bonds is 10. The van der Waals surface area contributed by atoms with Crippen molar-refractivity contribution in [2.75, 3.05) is 17.2 Å². The van der Waals surface area contributed by atoms with E-state index in [0.717, 1.165) is 4.90 Å². The third-order valence-electron chi connectivity index (χ3n) is 3.45. The van der Waals surface area contributed by atoms with Gasteiger partial charge in [-0.25, -0.2) is 0 Å². The van der Waals surface area contributed by atoms with Crippen LogP contribution in [0.15, 0.2) is 18.3 Å². The van der Waals surface area contributed by atoms with Crippen molar-refractivity contribution in [2.24, 2.45) is 5.73 Å². The number of amides is 2. The van der Waals surface area contributed by atoms with E-state index in [2.05, 4.69) is 22.9 Å². The normalized spacial score (nSPS) is 12.7. The third kappa shape index (κ3) is 7.37. The number of aromatic nitrogens is 1. The minimum Gasteiger partial charge on any atom is -0.480 e. The first kappa shape index (κ1) is 22.6. The van der Waals surface area contributed by atoms with E-state index in [1.807, 2.05) is 0 Å². The predicted molar refractivity (Wildman–Crippen MR) is 102 cm³/mol. The third-order valence-corrected chi connectivity index (χ3v) is 4.05. The van der Waals surface area contributed by atoms with Gasteiger partial charge >= 0.3 is 11.9 Å². The SMILES string of the molecule is NC(CCC(=O)NC(CS)C(=O)N(CC(=O)O)c1cc[nH]c(=S)c1)C(=O)O. The fourth-order valence-corrected chi connectivity index (χ4v) is 2.52. The van der Waals surface area contributed by atoms with E-state index in [9.17, 15) is 19.2 Å². The summed E-state index contributed by atoms with van der Waals surface area (Å²) in [5, 5.41) is 20.2. The lowest BCUT2D eigenvalue weighted by Crippen LogP contribution is -2.51. The minimum atomic E-state index is -1.25. The van der Waals surface area contributed by atoms with E-state index in [0.29, 0.717) is 4.64 Å². The number of nitrogens with two attached hydrogens (primary N) is 1. The molecule has 0 aromatic carbocycles. The number of carboxylic acids is 2. The molecule has 0 spiro atoms. The first-order chi connectivity index (χ1) is 12.6. The molecule has 1 aromatic rings. The summed E-state index contributed by atoms with van der Waals surface area (Å²) in [6.07, 6.45) is 1.14. The summed E-state index contributed by atoms with van der Waals surface area (Å²) in [4.78, 5) is 50.2. The van der Waals surface area contributed by atoms with Crippen LogP contribution < -0.4 is 16.0 Å². The average Bonchev–Trinajstić information content (AvgIpc) is 2.61. The number of carbonyl (C=O) groups excluding carboxylic acids is 2. The topological polar surface area (TPSA) is 166 Å². The number of carboxylic acid groups (broad SMARTS) is 2. The Morgan fingerprint density at radius 3 is 2.52 bits per heavy atom. The molecule has 0 saturated carbocycles. The second-order valence-electron chi connectivity index (χ2n) is 5.52. The van der Waals surface area contributed by atoms with Crippen molar-refractivity contribution in [3.63, 3.8) is 0 Å². The predicted octanol–water partition coefficient (Wildman–Crippen LogP) is -0.232. The van der Waals surface area contributed by atoms with E-state index >= 15 is 0 Å². The number of pyridine rings is 1. The Labute approximate surface area is 165 Å². The van der Waals surface area contributed by atoms with E-state index in [1.54, 1.807) is 0 Å². The molecule has 1 heterocycles. The van der Waals surface area contributed by atoms with Crippen LogP contribution in [0, 0.1) is 4.64 Å². The van der Waals surface area contributed by atoms with Crippen LogP contribution in [0.3, 0.4) is 0 Å². The number of carbonyl (C=O) groups is 4. The molecule has 2 amide bonds. The molecule has 12 heteroatoms. The average molecular weight is 416 g/mol. The lowest BCUT2D eigenvalue weighted by molar-refractivity contribution is -0.139. The van der Waals surface area contributed by atoms with Crippen LogP contribution >= 0.6 is 24.8 Å². The smallest absolute Gasteiger partial charge is 0.323 e. The standard InChI is InChI=1S/C15H20N4O6S2/c16-9(15(24)25)1-2-11(20)18-10(7-26)14(23)19(6-13(21)22)8-3-4-17-12(27)5-8/h3-5,9-10,26H,1-2,6-7,16H2,(H,17,27)(H,18,20)(H,21,22)(H,24,25). The Hall–Kier alpha value is -2.44. The van der Waals surface area contributed by atoms with Crippen LogP contribution in [0.1, 0.15) is 12.8 Å². The highest BCUT2D eigenvalue weighted by atomic mass is 32.1. The molecule has 6 N–H and O–H groups in total. The van der Waals surface area contributed by atoms with E-state index in [1.165, 1.54) is 18.3 Å². The molecule has 2 atom stereocenters. The fourth-order valence-electron chi connectivity index (χ4n) is 2.08. The van der Waals surface area contributed by atoms with Gasteiger partial charge in [0.15, 0.2) is 0 Å². The van der Waals surface area contributed by atoms with Crippen LogP contribution in [0.25, 0.3) is 0 Å². The molecule has 0 aliphatic rings. The maximum atomic E-state index is 12.7. The van der Waals surface area contributed by atoms with E-state index in [4.69, 9.17) is 28.2 Å². The summed E-state index contributed by atoms with van der Waals surface area (Å²) in [7, 11) is 0. The summed E-state index contributed by atoms with van der Waals surface area (Å²) in [6, 6.07) is 0.578. The van der Waals surface area contributed by atoms with Gasteiger partial charge in [-0.05, 0) is 18.6 Å². The van der Waals surface area contributed by atoms with Crippen molar-refractivity contribution in [3.05, 3.63) is 23.0 Å². The van der Waals surface area contributed by atoms with Crippen molar-refractivity contribution in [1.29, 1.82) is 0 Å². The Bertz CT molecular complexity index is 769. The summed E-state index contributed by atoms with van der Waals surface area (Å²) < 4.78 is 0.296.